The van der Waals surface area contributed by atoms with Gasteiger partial charge in [0.2, 0.25) is 0 Å². The van der Waals surface area contributed by atoms with E-state index >= 15 is 0 Å². The highest BCUT2D eigenvalue weighted by Crippen LogP contribution is 2.41. The van der Waals surface area contributed by atoms with E-state index in [-0.39, 0.29) is 0 Å². The smallest absolute Gasteiger partial charge is 0.0509 e. The van der Waals surface area contributed by atoms with Gasteiger partial charge in [-0.2, -0.15) is 0 Å². The van der Waals surface area contributed by atoms with E-state index in [1.807, 2.05) is 0 Å². The normalized spacial score (nSPS) is 35.9. The minimum atomic E-state index is 0.326. The summed E-state index contributed by atoms with van der Waals surface area (Å²) >= 11 is 0. The minimum Gasteiger partial charge on any atom is -0.381 e. The van der Waals surface area contributed by atoms with Crippen LogP contribution in [0.2, 0.25) is 0 Å². The molecule has 0 aromatic heterocycles. The molecule has 0 amide bonds. The summed E-state index contributed by atoms with van der Waals surface area (Å²) in [7, 11) is 4.58. The van der Waals surface area contributed by atoms with E-state index in [1.54, 1.807) is 0 Å². The van der Waals surface area contributed by atoms with Crippen molar-refractivity contribution in [2.75, 3.05) is 33.9 Å². The first-order valence-corrected chi connectivity index (χ1v) is 9.08. The van der Waals surface area contributed by atoms with Crippen LogP contribution in [-0.4, -0.2) is 50.3 Å². The van der Waals surface area contributed by atoms with Gasteiger partial charge < -0.3 is 15.0 Å². The van der Waals surface area contributed by atoms with Gasteiger partial charge in [-0.15, -0.1) is 0 Å². The molecule has 2 atom stereocenters. The number of nitrogens with zero attached hydrogens (tertiary/aromatic N) is 1. The van der Waals surface area contributed by atoms with Crippen LogP contribution in [0, 0.1) is 11.8 Å². The van der Waals surface area contributed by atoms with Crippen LogP contribution in [0.1, 0.15) is 58.8 Å². The topological polar surface area (TPSA) is 24.5 Å². The van der Waals surface area contributed by atoms with E-state index in [2.05, 4.69) is 38.2 Å². The van der Waals surface area contributed by atoms with Gasteiger partial charge in [-0.3, -0.25) is 0 Å². The third-order valence-electron chi connectivity index (χ3n) is 5.89. The molecule has 2 unspecified atom stereocenters. The molecule has 0 aromatic carbocycles. The first-order valence-electron chi connectivity index (χ1n) is 9.08. The van der Waals surface area contributed by atoms with Crippen LogP contribution < -0.4 is 5.32 Å². The van der Waals surface area contributed by atoms with E-state index in [4.69, 9.17) is 4.74 Å². The van der Waals surface area contributed by atoms with E-state index < -0.39 is 0 Å². The lowest BCUT2D eigenvalue weighted by Crippen LogP contribution is -2.64. The monoisotopic (exact) mass is 296 g/mol. The predicted octanol–water partition coefficient (Wildman–Crippen LogP) is 3.29. The Morgan fingerprint density at radius 3 is 2.48 bits per heavy atom. The molecule has 0 radical (unpaired) electrons. The molecule has 0 aromatic rings. The van der Waals surface area contributed by atoms with Gasteiger partial charge in [0.05, 0.1) is 6.61 Å². The highest BCUT2D eigenvalue weighted by Gasteiger charge is 2.46. The highest BCUT2D eigenvalue weighted by molar-refractivity contribution is 5.04. The number of likely N-dealkylation sites (N-methyl/N-ethyl adjacent to an activating group) is 1. The quantitative estimate of drug-likeness (QED) is 0.814. The molecule has 21 heavy (non-hydrogen) atoms. The summed E-state index contributed by atoms with van der Waals surface area (Å²) in [6.07, 6.45) is 9.18. The van der Waals surface area contributed by atoms with Crippen LogP contribution in [0.25, 0.3) is 0 Å². The fourth-order valence-electron chi connectivity index (χ4n) is 4.42. The molecule has 1 aliphatic carbocycles. The maximum atomic E-state index is 5.82. The van der Waals surface area contributed by atoms with E-state index in [1.165, 1.54) is 44.9 Å². The second kappa shape index (κ2) is 7.94. The first kappa shape index (κ1) is 17.2. The van der Waals surface area contributed by atoms with Crippen LogP contribution in [0.3, 0.4) is 0 Å². The molecule has 0 bridgehead atoms. The maximum Gasteiger partial charge on any atom is 0.0509 e. The van der Waals surface area contributed by atoms with Gasteiger partial charge in [0, 0.05) is 18.2 Å². The van der Waals surface area contributed by atoms with Gasteiger partial charge in [-0.05, 0) is 77.4 Å². The first-order chi connectivity index (χ1) is 10.1. The molecule has 1 aliphatic heterocycles. The summed E-state index contributed by atoms with van der Waals surface area (Å²) in [5, 5.41) is 3.92. The molecule has 1 saturated heterocycles. The fourth-order valence-corrected chi connectivity index (χ4v) is 4.42. The largest absolute Gasteiger partial charge is 0.381 e. The molecule has 2 fully saturated rings. The van der Waals surface area contributed by atoms with Gasteiger partial charge in [-0.25, -0.2) is 0 Å². The molecule has 2 rings (SSSR count). The molecule has 3 nitrogen and oxygen atoms in total. The maximum absolute atomic E-state index is 5.82. The number of nitrogens with one attached hydrogen (secondary N) is 1. The number of rotatable bonds is 6. The van der Waals surface area contributed by atoms with Gasteiger partial charge in [0.15, 0.2) is 0 Å². The molecule has 124 valence electrons. The van der Waals surface area contributed by atoms with Crippen LogP contribution in [0.15, 0.2) is 0 Å². The number of ether oxygens (including phenoxy) is 1. The van der Waals surface area contributed by atoms with Crippen LogP contribution in [-0.2, 0) is 4.74 Å². The summed E-state index contributed by atoms with van der Waals surface area (Å²) in [6.45, 7) is 7.73. The van der Waals surface area contributed by atoms with Gasteiger partial charge in [-0.1, -0.05) is 13.8 Å². The lowest BCUT2D eigenvalue weighted by Gasteiger charge is -2.53. The zero-order chi connectivity index (χ0) is 15.3. The zero-order valence-electron chi connectivity index (χ0n) is 14.7. The summed E-state index contributed by atoms with van der Waals surface area (Å²) < 4.78 is 5.82. The third kappa shape index (κ3) is 4.00. The zero-order valence-corrected chi connectivity index (χ0v) is 14.7. The number of hydrogen-bond donors (Lipinski definition) is 1. The molecule has 2 aliphatic rings. The molecule has 1 N–H and O–H groups in total. The Balaban J connectivity index is 2.17. The van der Waals surface area contributed by atoms with Crippen LogP contribution in [0.4, 0.5) is 0 Å². The average molecular weight is 296 g/mol. The van der Waals surface area contributed by atoms with Gasteiger partial charge in [0.1, 0.15) is 0 Å². The molecule has 1 saturated carbocycles. The number of hydrogen-bond acceptors (Lipinski definition) is 3. The van der Waals surface area contributed by atoms with Crippen molar-refractivity contribution in [3.63, 3.8) is 0 Å². The Bertz CT molecular complexity index is 292. The molecular formula is C18H36N2O. The predicted molar refractivity (Wildman–Crippen MR) is 89.7 cm³/mol. The average Bonchev–Trinajstić information content (AvgIpc) is 2.50. The Kier molecular flexibility index (Phi) is 6.51. The summed E-state index contributed by atoms with van der Waals surface area (Å²) in [6, 6.07) is 0.584. The van der Waals surface area contributed by atoms with Crippen molar-refractivity contribution in [2.45, 2.75) is 70.4 Å². The second-order valence-electron chi connectivity index (χ2n) is 7.59. The van der Waals surface area contributed by atoms with Gasteiger partial charge >= 0.3 is 0 Å². The summed E-state index contributed by atoms with van der Waals surface area (Å²) in [5.41, 5.74) is 0.326. The fraction of sp³-hybridized carbons (Fsp3) is 1.00. The minimum absolute atomic E-state index is 0.326. The Hall–Kier alpha value is -0.120. The Morgan fingerprint density at radius 1 is 1.24 bits per heavy atom. The van der Waals surface area contributed by atoms with E-state index in [9.17, 15) is 0 Å². The third-order valence-corrected chi connectivity index (χ3v) is 5.89. The summed E-state index contributed by atoms with van der Waals surface area (Å²) in [5.74, 6) is 1.58. The van der Waals surface area contributed by atoms with Crippen molar-refractivity contribution in [1.29, 1.82) is 0 Å². The van der Waals surface area contributed by atoms with Crippen LogP contribution in [0.5, 0.6) is 0 Å². The van der Waals surface area contributed by atoms with Crippen molar-refractivity contribution in [1.82, 2.24) is 10.2 Å². The molecule has 1 heterocycles. The van der Waals surface area contributed by atoms with Crippen molar-refractivity contribution >= 4 is 0 Å². The standard InChI is InChI=1S/C18H36N2O/c1-5-12-19-17(16-7-6-13-21-14-16)18(20(3)4)10-8-15(2)9-11-18/h15-17,19H,5-14H2,1-4H3. The lowest BCUT2D eigenvalue weighted by molar-refractivity contribution is -0.0262. The van der Waals surface area contributed by atoms with Crippen LogP contribution >= 0.6 is 0 Å². The van der Waals surface area contributed by atoms with Gasteiger partial charge in [0.25, 0.3) is 0 Å². The van der Waals surface area contributed by atoms with Crippen molar-refractivity contribution in [3.05, 3.63) is 0 Å². The molecule has 0 spiro atoms. The van der Waals surface area contributed by atoms with E-state index in [0.29, 0.717) is 17.5 Å². The molecular weight excluding hydrogens is 260 g/mol. The lowest BCUT2D eigenvalue weighted by atomic mass is 9.68. The van der Waals surface area contributed by atoms with Crippen molar-refractivity contribution < 1.29 is 4.74 Å². The Morgan fingerprint density at radius 2 is 1.95 bits per heavy atom. The SMILES string of the molecule is CCCNC(C1CCCOC1)C1(N(C)C)CCC(C)CC1. The Labute approximate surface area is 131 Å². The van der Waals surface area contributed by atoms with Crippen molar-refractivity contribution in [2.24, 2.45) is 11.8 Å². The highest BCUT2D eigenvalue weighted by atomic mass is 16.5. The molecule has 3 heteroatoms. The van der Waals surface area contributed by atoms with E-state index in [0.717, 1.165) is 25.7 Å². The summed E-state index contributed by atoms with van der Waals surface area (Å²) in [4.78, 5) is 2.53. The van der Waals surface area contributed by atoms with Crippen molar-refractivity contribution in [3.8, 4) is 0 Å². The second-order valence-corrected chi connectivity index (χ2v) is 7.59.